The average molecular weight is 454 g/mol. The van der Waals surface area contributed by atoms with Gasteiger partial charge in [0, 0.05) is 25.4 Å². The molecule has 1 aliphatic heterocycles. The Hall–Kier alpha value is -3.26. The third kappa shape index (κ3) is 4.65. The highest BCUT2D eigenvalue weighted by molar-refractivity contribution is 7.09. The van der Waals surface area contributed by atoms with E-state index in [9.17, 15) is 14.0 Å². The van der Waals surface area contributed by atoms with Gasteiger partial charge in [0.25, 0.3) is 5.91 Å². The monoisotopic (exact) mass is 453 g/mol. The third-order valence-electron chi connectivity index (χ3n) is 5.42. The fraction of sp³-hybridized carbons (Fsp3) is 0.292. The molecule has 0 aliphatic carbocycles. The standard InChI is InChI=1S/C24H24FN3O3S/c1-3-26-24(30)21-14-32-22(27-21)13-31-19-9-6-16-10-11-28(15(2)29)23(20(16)12-19)17-4-7-18(25)8-5-17/h4-9,12,14,23H,3,10-11,13H2,1-2H3,(H,26,30)/t23-/m1/s1. The molecule has 1 aliphatic rings. The summed E-state index contributed by atoms with van der Waals surface area (Å²) in [5.41, 5.74) is 3.34. The first-order chi connectivity index (χ1) is 15.5. The van der Waals surface area contributed by atoms with E-state index in [1.54, 1.807) is 29.3 Å². The van der Waals surface area contributed by atoms with Crippen molar-refractivity contribution in [2.45, 2.75) is 32.9 Å². The lowest BCUT2D eigenvalue weighted by Gasteiger charge is -2.37. The number of rotatable bonds is 6. The molecule has 0 saturated heterocycles. The minimum Gasteiger partial charge on any atom is -0.486 e. The van der Waals surface area contributed by atoms with Gasteiger partial charge in [-0.3, -0.25) is 9.59 Å². The maximum Gasteiger partial charge on any atom is 0.270 e. The molecule has 8 heteroatoms. The van der Waals surface area contributed by atoms with Crippen LogP contribution in [-0.4, -0.2) is 34.8 Å². The second-order valence-electron chi connectivity index (χ2n) is 7.55. The lowest BCUT2D eigenvalue weighted by atomic mass is 9.88. The van der Waals surface area contributed by atoms with E-state index in [0.29, 0.717) is 29.5 Å². The minimum atomic E-state index is -0.313. The average Bonchev–Trinajstić information content (AvgIpc) is 3.27. The number of ether oxygens (including phenoxy) is 1. The lowest BCUT2D eigenvalue weighted by molar-refractivity contribution is -0.130. The number of fused-ring (bicyclic) bond motifs is 1. The van der Waals surface area contributed by atoms with E-state index < -0.39 is 0 Å². The SMILES string of the molecule is CCNC(=O)c1csc(COc2ccc3c(c2)[C@@H](c2ccc(F)cc2)N(C(C)=O)CC3)n1. The number of hydrogen-bond acceptors (Lipinski definition) is 5. The summed E-state index contributed by atoms with van der Waals surface area (Å²) in [6.45, 7) is 4.80. The smallest absolute Gasteiger partial charge is 0.270 e. The van der Waals surface area contributed by atoms with Crippen LogP contribution < -0.4 is 10.1 Å². The zero-order valence-electron chi connectivity index (χ0n) is 17.9. The predicted molar refractivity (Wildman–Crippen MR) is 120 cm³/mol. The molecule has 0 radical (unpaired) electrons. The highest BCUT2D eigenvalue weighted by Crippen LogP contribution is 2.37. The number of carbonyl (C=O) groups is 2. The van der Waals surface area contributed by atoms with Crippen LogP contribution in [-0.2, 0) is 17.8 Å². The molecule has 2 amide bonds. The van der Waals surface area contributed by atoms with Crippen molar-refractivity contribution >= 4 is 23.2 Å². The van der Waals surface area contributed by atoms with Crippen molar-refractivity contribution < 1.29 is 18.7 Å². The Morgan fingerprint density at radius 3 is 2.75 bits per heavy atom. The van der Waals surface area contributed by atoms with Crippen LogP contribution in [0.1, 0.15) is 52.1 Å². The van der Waals surface area contributed by atoms with Gasteiger partial charge in [-0.1, -0.05) is 18.2 Å². The van der Waals surface area contributed by atoms with Gasteiger partial charge in [0.05, 0.1) is 6.04 Å². The van der Waals surface area contributed by atoms with Gasteiger partial charge in [-0.05, 0) is 54.3 Å². The van der Waals surface area contributed by atoms with Crippen LogP contribution in [0.5, 0.6) is 5.75 Å². The van der Waals surface area contributed by atoms with Gasteiger partial charge >= 0.3 is 0 Å². The van der Waals surface area contributed by atoms with Crippen molar-refractivity contribution in [1.82, 2.24) is 15.2 Å². The summed E-state index contributed by atoms with van der Waals surface area (Å²) in [6.07, 6.45) is 0.745. The Kier molecular flexibility index (Phi) is 6.50. The Bertz CT molecular complexity index is 1130. The normalized spacial score (nSPS) is 15.2. The quantitative estimate of drug-likeness (QED) is 0.610. The van der Waals surface area contributed by atoms with Crippen LogP contribution in [0, 0.1) is 5.82 Å². The number of nitrogens with zero attached hydrogens (tertiary/aromatic N) is 2. The van der Waals surface area contributed by atoms with Crippen molar-refractivity contribution in [1.29, 1.82) is 0 Å². The molecule has 4 rings (SSSR count). The first-order valence-electron chi connectivity index (χ1n) is 10.5. The molecule has 0 bridgehead atoms. The molecule has 1 aromatic heterocycles. The van der Waals surface area contributed by atoms with Gasteiger partial charge in [0.15, 0.2) is 0 Å². The largest absolute Gasteiger partial charge is 0.486 e. The molecular weight excluding hydrogens is 429 g/mol. The number of nitrogens with one attached hydrogen (secondary N) is 1. The highest BCUT2D eigenvalue weighted by atomic mass is 32.1. The zero-order valence-corrected chi connectivity index (χ0v) is 18.7. The van der Waals surface area contributed by atoms with Crippen LogP contribution in [0.2, 0.25) is 0 Å². The fourth-order valence-corrected chi connectivity index (χ4v) is 4.59. The summed E-state index contributed by atoms with van der Waals surface area (Å²) in [5.74, 6) is 0.106. The summed E-state index contributed by atoms with van der Waals surface area (Å²) in [5, 5.41) is 5.14. The molecule has 1 atom stereocenters. The van der Waals surface area contributed by atoms with Crippen LogP contribution in [0.4, 0.5) is 4.39 Å². The molecular formula is C24H24FN3O3S. The summed E-state index contributed by atoms with van der Waals surface area (Å²) in [4.78, 5) is 30.4. The molecule has 1 N–H and O–H groups in total. The summed E-state index contributed by atoms with van der Waals surface area (Å²) >= 11 is 1.37. The molecule has 2 heterocycles. The first kappa shape index (κ1) is 22.0. The van der Waals surface area contributed by atoms with E-state index in [4.69, 9.17) is 4.74 Å². The lowest BCUT2D eigenvalue weighted by Crippen LogP contribution is -2.39. The van der Waals surface area contributed by atoms with Crippen molar-refractivity contribution in [2.24, 2.45) is 0 Å². The number of amides is 2. The van der Waals surface area contributed by atoms with E-state index in [1.165, 1.54) is 23.5 Å². The Morgan fingerprint density at radius 1 is 1.25 bits per heavy atom. The number of benzene rings is 2. The van der Waals surface area contributed by atoms with Gasteiger partial charge in [-0.2, -0.15) is 0 Å². The predicted octanol–water partition coefficient (Wildman–Crippen LogP) is 4.10. The van der Waals surface area contributed by atoms with Crippen LogP contribution in [0.15, 0.2) is 47.8 Å². The number of thiazole rings is 1. The van der Waals surface area contributed by atoms with E-state index in [-0.39, 0.29) is 30.3 Å². The van der Waals surface area contributed by atoms with Crippen molar-refractivity contribution in [3.63, 3.8) is 0 Å². The van der Waals surface area contributed by atoms with Gasteiger partial charge in [-0.15, -0.1) is 11.3 Å². The number of carbonyl (C=O) groups excluding carboxylic acids is 2. The molecule has 6 nitrogen and oxygen atoms in total. The van der Waals surface area contributed by atoms with E-state index in [1.807, 2.05) is 25.1 Å². The van der Waals surface area contributed by atoms with Gasteiger partial charge in [0.2, 0.25) is 5.91 Å². The van der Waals surface area contributed by atoms with Crippen molar-refractivity contribution in [3.8, 4) is 5.75 Å². The maximum atomic E-state index is 13.5. The summed E-state index contributed by atoms with van der Waals surface area (Å²) in [7, 11) is 0. The third-order valence-corrected chi connectivity index (χ3v) is 6.24. The second-order valence-corrected chi connectivity index (χ2v) is 8.49. The van der Waals surface area contributed by atoms with E-state index in [2.05, 4.69) is 10.3 Å². The molecule has 0 fully saturated rings. The van der Waals surface area contributed by atoms with Gasteiger partial charge in [0.1, 0.15) is 28.9 Å². The van der Waals surface area contributed by atoms with E-state index >= 15 is 0 Å². The number of aromatic nitrogens is 1. The van der Waals surface area contributed by atoms with Crippen LogP contribution in [0.25, 0.3) is 0 Å². The molecule has 2 aromatic carbocycles. The summed E-state index contributed by atoms with van der Waals surface area (Å²) in [6, 6.07) is 11.8. The molecule has 166 valence electrons. The number of hydrogen-bond donors (Lipinski definition) is 1. The van der Waals surface area contributed by atoms with Crippen LogP contribution >= 0.6 is 11.3 Å². The molecule has 3 aromatic rings. The van der Waals surface area contributed by atoms with Gasteiger partial charge < -0.3 is 15.0 Å². The van der Waals surface area contributed by atoms with Crippen LogP contribution in [0.3, 0.4) is 0 Å². The first-order valence-corrected chi connectivity index (χ1v) is 11.3. The topological polar surface area (TPSA) is 71.5 Å². The Balaban J connectivity index is 1.58. The molecule has 0 saturated carbocycles. The second kappa shape index (κ2) is 9.48. The Morgan fingerprint density at radius 2 is 2.03 bits per heavy atom. The van der Waals surface area contributed by atoms with E-state index in [0.717, 1.165) is 23.1 Å². The minimum absolute atomic E-state index is 0.0306. The molecule has 0 spiro atoms. The summed E-state index contributed by atoms with van der Waals surface area (Å²) < 4.78 is 19.5. The Labute approximate surface area is 190 Å². The van der Waals surface area contributed by atoms with Crippen molar-refractivity contribution in [2.75, 3.05) is 13.1 Å². The maximum absolute atomic E-state index is 13.5. The van der Waals surface area contributed by atoms with Gasteiger partial charge in [-0.25, -0.2) is 9.37 Å². The molecule has 0 unspecified atom stereocenters. The number of halogens is 1. The van der Waals surface area contributed by atoms with Crippen molar-refractivity contribution in [3.05, 3.63) is 81.1 Å². The highest BCUT2D eigenvalue weighted by Gasteiger charge is 2.30. The fourth-order valence-electron chi connectivity index (χ4n) is 3.90. The molecule has 32 heavy (non-hydrogen) atoms. The zero-order chi connectivity index (χ0) is 22.7.